The highest BCUT2D eigenvalue weighted by molar-refractivity contribution is 5.85. The minimum atomic E-state index is -0.950. The highest BCUT2D eigenvalue weighted by Gasteiger charge is 2.78. The van der Waals surface area contributed by atoms with Crippen LogP contribution in [-0.2, 0) is 24.4 Å². The van der Waals surface area contributed by atoms with Gasteiger partial charge in [0.15, 0.2) is 0 Å². The maximum Gasteiger partial charge on any atom is 0.408 e. The van der Waals surface area contributed by atoms with Gasteiger partial charge in [0, 0.05) is 7.11 Å². The van der Waals surface area contributed by atoms with Gasteiger partial charge >= 0.3 is 12.1 Å². The maximum absolute atomic E-state index is 13.1. The van der Waals surface area contributed by atoms with Crippen molar-refractivity contribution < 1.29 is 23.8 Å². The average Bonchev–Trinajstić information content (AvgIpc) is 3.47. The number of methoxy groups -OCH3 is 1. The number of esters is 1. The lowest BCUT2D eigenvalue weighted by Gasteiger charge is -2.66. The lowest BCUT2D eigenvalue weighted by Crippen LogP contribution is -2.59. The number of aromatic amines is 1. The lowest BCUT2D eigenvalue weighted by molar-refractivity contribution is -0.177. The van der Waals surface area contributed by atoms with Crippen molar-refractivity contribution in [3.8, 4) is 0 Å². The Bertz CT molecular complexity index is 1260. The molecule has 4 aliphatic carbocycles. The molecule has 4 aliphatic rings. The van der Waals surface area contributed by atoms with E-state index in [2.05, 4.69) is 10.3 Å². The Labute approximate surface area is 224 Å². The third-order valence-corrected chi connectivity index (χ3v) is 10.2. The van der Waals surface area contributed by atoms with E-state index in [1.807, 2.05) is 45.9 Å². The van der Waals surface area contributed by atoms with Gasteiger partial charge in [0.05, 0.1) is 30.3 Å². The highest BCUT2D eigenvalue weighted by atomic mass is 16.6. The number of fused-ring (bicyclic) bond motifs is 2. The third-order valence-electron chi connectivity index (χ3n) is 10.2. The number of carbonyl (C=O) groups is 2. The van der Waals surface area contributed by atoms with Crippen LogP contribution in [0.4, 0.5) is 4.79 Å². The molecule has 8 heteroatoms. The zero-order chi connectivity index (χ0) is 27.1. The number of amides is 1. The first-order chi connectivity index (χ1) is 17.9. The zero-order valence-electron chi connectivity index (χ0n) is 23.5. The quantitative estimate of drug-likeness (QED) is 0.448. The summed E-state index contributed by atoms with van der Waals surface area (Å²) < 4.78 is 16.5. The average molecular weight is 524 g/mol. The van der Waals surface area contributed by atoms with Crippen molar-refractivity contribution >= 4 is 23.1 Å². The van der Waals surface area contributed by atoms with Gasteiger partial charge in [-0.15, -0.1) is 0 Å². The molecule has 4 fully saturated rings. The molecule has 4 atom stereocenters. The molecule has 1 amide bonds. The number of carbonyl (C=O) groups excluding carboxylic acids is 2. The van der Waals surface area contributed by atoms with Crippen LogP contribution in [0, 0.1) is 28.6 Å². The number of alkyl carbamates (subject to hydrolysis) is 1. The van der Waals surface area contributed by atoms with E-state index in [4.69, 9.17) is 19.2 Å². The fourth-order valence-corrected chi connectivity index (χ4v) is 8.76. The van der Waals surface area contributed by atoms with E-state index >= 15 is 0 Å². The normalized spacial score (nSPS) is 33.1. The number of ether oxygens (including phenoxy) is 3. The van der Waals surface area contributed by atoms with Crippen molar-refractivity contribution in [2.75, 3.05) is 20.3 Å². The summed E-state index contributed by atoms with van der Waals surface area (Å²) in [5.74, 6) is 2.88. The molecule has 4 saturated carbocycles. The van der Waals surface area contributed by atoms with Crippen LogP contribution >= 0.6 is 0 Å². The molecule has 6 rings (SSSR count). The van der Waals surface area contributed by atoms with Crippen molar-refractivity contribution in [2.45, 2.75) is 83.8 Å². The summed E-state index contributed by atoms with van der Waals surface area (Å²) in [4.78, 5) is 34.6. The van der Waals surface area contributed by atoms with Crippen molar-refractivity contribution in [1.82, 2.24) is 15.3 Å². The molecule has 2 aromatic rings. The topological polar surface area (TPSA) is 103 Å². The second-order valence-corrected chi connectivity index (χ2v) is 13.5. The summed E-state index contributed by atoms with van der Waals surface area (Å²) in [7, 11) is 1.59. The monoisotopic (exact) mass is 523 g/mol. The van der Waals surface area contributed by atoms with Crippen molar-refractivity contribution in [2.24, 2.45) is 28.6 Å². The van der Waals surface area contributed by atoms with Crippen molar-refractivity contribution in [1.29, 1.82) is 0 Å². The second kappa shape index (κ2) is 8.44. The van der Waals surface area contributed by atoms with Crippen LogP contribution < -0.4 is 5.32 Å². The SMILES string of the molecule is CCOC(=O)C(C)(COC)c1ccc2[nH]c(C(NC(=O)OC(C)(C)C)C34CC5CC6CC(C3)C65C4)nc2c1. The number of rotatable bonds is 8. The second-order valence-electron chi connectivity index (χ2n) is 13.5. The number of benzene rings is 1. The largest absolute Gasteiger partial charge is 0.465 e. The molecule has 8 nitrogen and oxygen atoms in total. The molecule has 1 spiro atoms. The van der Waals surface area contributed by atoms with Crippen LogP contribution in [0.3, 0.4) is 0 Å². The van der Waals surface area contributed by atoms with Gasteiger partial charge in [-0.25, -0.2) is 9.78 Å². The molecule has 0 radical (unpaired) electrons. The molecule has 1 heterocycles. The molecule has 1 aromatic carbocycles. The van der Waals surface area contributed by atoms with E-state index in [9.17, 15) is 9.59 Å². The number of H-pyrrole nitrogens is 1. The maximum atomic E-state index is 13.1. The predicted molar refractivity (Wildman–Crippen MR) is 142 cm³/mol. The smallest absolute Gasteiger partial charge is 0.408 e. The van der Waals surface area contributed by atoms with Gasteiger partial charge in [-0.3, -0.25) is 4.79 Å². The highest BCUT2D eigenvalue weighted by Crippen LogP contribution is 2.86. The number of hydrogen-bond donors (Lipinski definition) is 2. The van der Waals surface area contributed by atoms with Gasteiger partial charge in [-0.05, 0) is 113 Å². The number of aromatic nitrogens is 2. The van der Waals surface area contributed by atoms with Crippen molar-refractivity contribution in [3.05, 3.63) is 29.6 Å². The van der Waals surface area contributed by atoms with Gasteiger partial charge in [-0.1, -0.05) is 6.07 Å². The van der Waals surface area contributed by atoms with E-state index in [1.165, 1.54) is 12.8 Å². The summed E-state index contributed by atoms with van der Waals surface area (Å²) in [5, 5.41) is 3.27. The molecule has 4 unspecified atom stereocenters. The van der Waals surface area contributed by atoms with Crippen LogP contribution in [0.5, 0.6) is 0 Å². The summed E-state index contributed by atoms with van der Waals surface area (Å²) in [5.41, 5.74) is 1.39. The van der Waals surface area contributed by atoms with Gasteiger partial charge in [0.25, 0.3) is 0 Å². The summed E-state index contributed by atoms with van der Waals surface area (Å²) in [6, 6.07) is 5.58. The number of imidazole rings is 1. The summed E-state index contributed by atoms with van der Waals surface area (Å²) in [6.07, 6.45) is 5.72. The van der Waals surface area contributed by atoms with Crippen molar-refractivity contribution in [3.63, 3.8) is 0 Å². The van der Waals surface area contributed by atoms with E-state index < -0.39 is 17.1 Å². The fraction of sp³-hybridized carbons (Fsp3) is 0.700. The van der Waals surface area contributed by atoms with E-state index in [1.54, 1.807) is 14.0 Å². The number of hydrogen-bond acceptors (Lipinski definition) is 6. The first-order valence-corrected chi connectivity index (χ1v) is 14.1. The Morgan fingerprint density at radius 1 is 1.16 bits per heavy atom. The Hall–Kier alpha value is -2.61. The zero-order valence-corrected chi connectivity index (χ0v) is 23.5. The molecular weight excluding hydrogens is 482 g/mol. The number of nitrogens with zero attached hydrogens (tertiary/aromatic N) is 1. The fourth-order valence-electron chi connectivity index (χ4n) is 8.76. The number of nitrogens with one attached hydrogen (secondary N) is 2. The molecule has 2 bridgehead atoms. The summed E-state index contributed by atoms with van der Waals surface area (Å²) >= 11 is 0. The standard InChI is InChI=1S/C30H41N3O5/c1-7-37-25(34)28(5,16-36-6)17-8-9-21-22(12-17)32-24(31-21)23(33-26(35)38-27(2,3)4)29-13-19-10-18-11-20(14-29)30(18,19)15-29/h8-9,12,18-20,23H,7,10-11,13-16H2,1-6H3,(H,31,32)(H,33,35). The Balaban J connectivity index is 1.37. The van der Waals surface area contributed by atoms with Gasteiger partial charge in [-0.2, -0.15) is 0 Å². The molecular formula is C30H41N3O5. The molecule has 206 valence electrons. The Morgan fingerprint density at radius 2 is 1.87 bits per heavy atom. The van der Waals surface area contributed by atoms with E-state index in [0.717, 1.165) is 59.4 Å². The lowest BCUT2D eigenvalue weighted by atomic mass is 9.38. The van der Waals surface area contributed by atoms with Crippen LogP contribution in [0.15, 0.2) is 18.2 Å². The van der Waals surface area contributed by atoms with E-state index in [0.29, 0.717) is 12.0 Å². The summed E-state index contributed by atoms with van der Waals surface area (Å²) in [6.45, 7) is 9.81. The van der Waals surface area contributed by atoms with Gasteiger partial charge in [0.1, 0.15) is 16.8 Å². The predicted octanol–water partition coefficient (Wildman–Crippen LogP) is 5.42. The molecule has 38 heavy (non-hydrogen) atoms. The van der Waals surface area contributed by atoms with Crippen LogP contribution in [-0.4, -0.2) is 48.0 Å². The Morgan fingerprint density at radius 3 is 2.45 bits per heavy atom. The van der Waals surface area contributed by atoms with Gasteiger partial charge < -0.3 is 24.5 Å². The minimum absolute atomic E-state index is 0.0102. The van der Waals surface area contributed by atoms with Crippen LogP contribution in [0.1, 0.15) is 84.2 Å². The first-order valence-electron chi connectivity index (χ1n) is 14.1. The van der Waals surface area contributed by atoms with Crippen LogP contribution in [0.25, 0.3) is 11.0 Å². The van der Waals surface area contributed by atoms with Crippen LogP contribution in [0.2, 0.25) is 0 Å². The first kappa shape index (κ1) is 25.7. The Kier molecular flexibility index (Phi) is 5.70. The van der Waals surface area contributed by atoms with Gasteiger partial charge in [0.2, 0.25) is 0 Å². The minimum Gasteiger partial charge on any atom is -0.465 e. The molecule has 0 aliphatic heterocycles. The molecule has 2 N–H and O–H groups in total. The third kappa shape index (κ3) is 3.62. The molecule has 0 saturated heterocycles. The van der Waals surface area contributed by atoms with E-state index in [-0.39, 0.29) is 24.0 Å². The molecule has 1 aromatic heterocycles.